The van der Waals surface area contributed by atoms with Crippen molar-refractivity contribution < 1.29 is 9.53 Å². The topological polar surface area (TPSA) is 38.3 Å². The molecule has 1 aliphatic rings. The van der Waals surface area contributed by atoms with Crippen molar-refractivity contribution in [2.75, 3.05) is 6.61 Å². The average Bonchev–Trinajstić information content (AvgIpc) is 2.77. The zero-order chi connectivity index (χ0) is 12.1. The molecule has 0 saturated carbocycles. The van der Waals surface area contributed by atoms with Crippen molar-refractivity contribution in [3.05, 3.63) is 47.7 Å². The smallest absolute Gasteiger partial charge is 0.335 e. The molecule has 0 bridgehead atoms. The van der Waals surface area contributed by atoms with Crippen molar-refractivity contribution in [3.63, 3.8) is 0 Å². The molecule has 0 aromatic heterocycles. The Bertz CT molecular complexity index is 411. The van der Waals surface area contributed by atoms with Crippen molar-refractivity contribution in [3.8, 4) is 0 Å². The summed E-state index contributed by atoms with van der Waals surface area (Å²) in [6.07, 6.45) is 3.48. The van der Waals surface area contributed by atoms with Gasteiger partial charge in [0.25, 0.3) is 0 Å². The number of benzene rings is 1. The number of cyclic esters (lactones) is 1. The predicted octanol–water partition coefficient (Wildman–Crippen LogP) is 2.56. The van der Waals surface area contributed by atoms with E-state index in [1.54, 1.807) is 6.20 Å². The van der Waals surface area contributed by atoms with Gasteiger partial charge in [-0.3, -0.25) is 0 Å². The molecule has 0 spiro atoms. The van der Waals surface area contributed by atoms with Gasteiger partial charge < -0.3 is 10.1 Å². The average molecular weight is 231 g/mol. The Morgan fingerprint density at radius 1 is 1.41 bits per heavy atom. The summed E-state index contributed by atoms with van der Waals surface area (Å²) in [7, 11) is 0. The molecule has 1 aromatic rings. The van der Waals surface area contributed by atoms with Gasteiger partial charge in [-0.25, -0.2) is 4.79 Å². The lowest BCUT2D eigenvalue weighted by Crippen LogP contribution is -2.16. The van der Waals surface area contributed by atoms with Gasteiger partial charge in [-0.1, -0.05) is 37.3 Å². The SMILES string of the molecule is CC[C@@H](NC=C1CCOC1=O)c1ccccc1. The Labute approximate surface area is 101 Å². The van der Waals surface area contributed by atoms with Crippen molar-refractivity contribution in [2.24, 2.45) is 0 Å². The van der Waals surface area contributed by atoms with Gasteiger partial charge in [0.05, 0.1) is 18.2 Å². The minimum absolute atomic E-state index is 0.194. The standard InChI is InChI=1S/C14H17NO2/c1-2-13(11-6-4-3-5-7-11)15-10-12-8-9-17-14(12)16/h3-7,10,13,15H,2,8-9H2,1H3/t13-/m1/s1. The van der Waals surface area contributed by atoms with Crippen molar-refractivity contribution in [2.45, 2.75) is 25.8 Å². The summed E-state index contributed by atoms with van der Waals surface area (Å²) in [5.74, 6) is -0.194. The van der Waals surface area contributed by atoms with Crippen molar-refractivity contribution >= 4 is 5.97 Å². The molecule has 0 amide bonds. The van der Waals surface area contributed by atoms with E-state index in [0.29, 0.717) is 13.0 Å². The summed E-state index contributed by atoms with van der Waals surface area (Å²) in [6, 6.07) is 10.5. The van der Waals surface area contributed by atoms with Gasteiger partial charge in [-0.2, -0.15) is 0 Å². The third-order valence-electron chi connectivity index (χ3n) is 2.94. The molecule has 1 saturated heterocycles. The molecule has 1 heterocycles. The molecule has 3 nitrogen and oxygen atoms in total. The molecule has 1 fully saturated rings. The van der Waals surface area contributed by atoms with Crippen LogP contribution in [0, 0.1) is 0 Å². The van der Waals surface area contributed by atoms with Gasteiger partial charge in [0, 0.05) is 12.6 Å². The summed E-state index contributed by atoms with van der Waals surface area (Å²) >= 11 is 0. The summed E-state index contributed by atoms with van der Waals surface area (Å²) in [4.78, 5) is 11.3. The summed E-state index contributed by atoms with van der Waals surface area (Å²) in [6.45, 7) is 2.63. The van der Waals surface area contributed by atoms with Gasteiger partial charge in [0.15, 0.2) is 0 Å². The van der Waals surface area contributed by atoms with Crippen LogP contribution in [0.5, 0.6) is 0 Å². The molecule has 1 atom stereocenters. The molecule has 0 radical (unpaired) electrons. The normalized spacial score (nSPS) is 19.1. The molecule has 1 aliphatic heterocycles. The number of ether oxygens (including phenoxy) is 1. The maximum atomic E-state index is 11.3. The van der Waals surface area contributed by atoms with Gasteiger partial charge in [0.1, 0.15) is 0 Å². The first kappa shape index (κ1) is 11.7. The van der Waals surface area contributed by atoms with E-state index >= 15 is 0 Å². The molecule has 90 valence electrons. The molecule has 2 rings (SSSR count). The van der Waals surface area contributed by atoms with E-state index in [9.17, 15) is 4.79 Å². The van der Waals surface area contributed by atoms with E-state index in [1.165, 1.54) is 5.56 Å². The highest BCUT2D eigenvalue weighted by Gasteiger charge is 2.18. The molecular weight excluding hydrogens is 214 g/mol. The highest BCUT2D eigenvalue weighted by atomic mass is 16.5. The Hall–Kier alpha value is -1.77. The van der Waals surface area contributed by atoms with Crippen LogP contribution in [0.3, 0.4) is 0 Å². The van der Waals surface area contributed by atoms with Crippen LogP contribution in [-0.4, -0.2) is 12.6 Å². The lowest BCUT2D eigenvalue weighted by atomic mass is 10.0. The predicted molar refractivity (Wildman–Crippen MR) is 66.3 cm³/mol. The van der Waals surface area contributed by atoms with Gasteiger partial charge >= 0.3 is 5.97 Å². The van der Waals surface area contributed by atoms with E-state index < -0.39 is 0 Å². The molecule has 1 aromatic carbocycles. The Balaban J connectivity index is 2.04. The quantitative estimate of drug-likeness (QED) is 0.639. The summed E-state index contributed by atoms with van der Waals surface area (Å²) in [5.41, 5.74) is 1.97. The highest BCUT2D eigenvalue weighted by Crippen LogP contribution is 2.18. The number of nitrogens with one attached hydrogen (secondary N) is 1. The first-order valence-electron chi connectivity index (χ1n) is 5.98. The van der Waals surface area contributed by atoms with Gasteiger partial charge in [0.2, 0.25) is 0 Å². The van der Waals surface area contributed by atoms with Crippen molar-refractivity contribution in [1.82, 2.24) is 5.32 Å². The van der Waals surface area contributed by atoms with Crippen LogP contribution in [-0.2, 0) is 9.53 Å². The lowest BCUT2D eigenvalue weighted by Gasteiger charge is -2.15. The van der Waals surface area contributed by atoms with Crippen LogP contribution in [0.4, 0.5) is 0 Å². The largest absolute Gasteiger partial charge is 0.462 e. The molecular formula is C14H17NO2. The number of carbonyl (C=O) groups is 1. The second-order valence-electron chi connectivity index (χ2n) is 4.09. The number of hydrogen-bond donors (Lipinski definition) is 1. The van der Waals surface area contributed by atoms with E-state index in [1.807, 2.05) is 18.2 Å². The third-order valence-corrected chi connectivity index (χ3v) is 2.94. The maximum Gasteiger partial charge on any atom is 0.335 e. The molecule has 1 N–H and O–H groups in total. The number of rotatable bonds is 4. The zero-order valence-corrected chi connectivity index (χ0v) is 9.98. The van der Waals surface area contributed by atoms with E-state index in [-0.39, 0.29) is 12.0 Å². The minimum Gasteiger partial charge on any atom is -0.462 e. The monoisotopic (exact) mass is 231 g/mol. The maximum absolute atomic E-state index is 11.3. The van der Waals surface area contributed by atoms with E-state index in [2.05, 4.69) is 24.4 Å². The van der Waals surface area contributed by atoms with E-state index in [4.69, 9.17) is 4.74 Å². The molecule has 17 heavy (non-hydrogen) atoms. The number of esters is 1. The first-order chi connectivity index (χ1) is 8.31. The first-order valence-corrected chi connectivity index (χ1v) is 5.98. The lowest BCUT2D eigenvalue weighted by molar-refractivity contribution is -0.135. The number of carbonyl (C=O) groups excluding carboxylic acids is 1. The van der Waals surface area contributed by atoms with Crippen LogP contribution in [0.15, 0.2) is 42.1 Å². The molecule has 0 unspecified atom stereocenters. The minimum atomic E-state index is -0.194. The number of hydrogen-bond acceptors (Lipinski definition) is 3. The molecule has 0 aliphatic carbocycles. The fourth-order valence-electron chi connectivity index (χ4n) is 1.92. The second-order valence-corrected chi connectivity index (χ2v) is 4.09. The van der Waals surface area contributed by atoms with Crippen molar-refractivity contribution in [1.29, 1.82) is 0 Å². The van der Waals surface area contributed by atoms with E-state index in [0.717, 1.165) is 12.0 Å². The van der Waals surface area contributed by atoms with Crippen LogP contribution < -0.4 is 5.32 Å². The van der Waals surface area contributed by atoms with Crippen LogP contribution in [0.1, 0.15) is 31.4 Å². The van der Waals surface area contributed by atoms with Gasteiger partial charge in [-0.05, 0) is 12.0 Å². The Kier molecular flexibility index (Phi) is 3.81. The van der Waals surface area contributed by atoms with Gasteiger partial charge in [-0.15, -0.1) is 0 Å². The Morgan fingerprint density at radius 3 is 2.76 bits per heavy atom. The van der Waals surface area contributed by atoms with Crippen LogP contribution in [0.25, 0.3) is 0 Å². The molecule has 3 heteroatoms. The fraction of sp³-hybridized carbons (Fsp3) is 0.357. The van der Waals surface area contributed by atoms with Crippen LogP contribution in [0.2, 0.25) is 0 Å². The van der Waals surface area contributed by atoms with Crippen LogP contribution >= 0.6 is 0 Å². The third kappa shape index (κ3) is 2.87. The highest BCUT2D eigenvalue weighted by molar-refractivity contribution is 5.90. The summed E-state index contributed by atoms with van der Waals surface area (Å²) in [5, 5.41) is 3.30. The zero-order valence-electron chi connectivity index (χ0n) is 9.98. The Morgan fingerprint density at radius 2 is 2.18 bits per heavy atom. The second kappa shape index (κ2) is 5.53. The fourth-order valence-corrected chi connectivity index (χ4v) is 1.92. The summed E-state index contributed by atoms with van der Waals surface area (Å²) < 4.78 is 4.89.